The molecule has 9 heteroatoms. The maximum Gasteiger partial charge on any atom is 0.279 e. The molecule has 0 aliphatic rings. The first-order chi connectivity index (χ1) is 21.4. The standard InChI is InChI=1S/2C15H15NOS.C6H14S2.H2O/c2*17-15(18)16(11-13-7-3-1-4-8-13)12-14-9-5-2-6-10-14;7-5-3-1-2-4-6-8;/h2*1-10H,11-12H2,(H,17,18);7-8H,1-6H2;1H2. The minimum atomic E-state index is -0.206. The minimum absolute atomic E-state index is 0. The van der Waals surface area contributed by atoms with Gasteiger partial charge in [0.15, 0.2) is 0 Å². The highest BCUT2D eigenvalue weighted by molar-refractivity contribution is 7.96. The van der Waals surface area contributed by atoms with Crippen LogP contribution in [0, 0.1) is 0 Å². The number of thiol groups is 4. The van der Waals surface area contributed by atoms with Crippen molar-refractivity contribution in [1.29, 1.82) is 0 Å². The lowest BCUT2D eigenvalue weighted by Crippen LogP contribution is -2.25. The highest BCUT2D eigenvalue weighted by Crippen LogP contribution is 2.13. The summed E-state index contributed by atoms with van der Waals surface area (Å²) < 4.78 is 0. The van der Waals surface area contributed by atoms with Gasteiger partial charge in [0.25, 0.3) is 10.5 Å². The summed E-state index contributed by atoms with van der Waals surface area (Å²) in [5, 5.41) is -0.412. The molecule has 0 heterocycles. The average molecular weight is 683 g/mol. The quantitative estimate of drug-likeness (QED) is 0.0840. The van der Waals surface area contributed by atoms with Crippen molar-refractivity contribution in [2.45, 2.75) is 51.9 Å². The fourth-order valence-corrected chi connectivity index (χ4v) is 4.90. The third-order valence-corrected chi connectivity index (χ3v) is 7.67. The number of rotatable bonds is 13. The summed E-state index contributed by atoms with van der Waals surface area (Å²) in [6, 6.07) is 39.7. The summed E-state index contributed by atoms with van der Waals surface area (Å²) in [6.07, 6.45) is 5.17. The molecule has 4 rings (SSSR count). The van der Waals surface area contributed by atoms with Gasteiger partial charge in [-0.3, -0.25) is 9.59 Å². The molecule has 242 valence electrons. The van der Waals surface area contributed by atoms with Crippen molar-refractivity contribution in [1.82, 2.24) is 9.80 Å². The second-order valence-corrected chi connectivity index (χ2v) is 11.7. The number of nitrogens with zero attached hydrogens (tertiary/aromatic N) is 2. The second kappa shape index (κ2) is 25.4. The number of unbranched alkanes of at least 4 members (excludes halogenated alkanes) is 3. The molecule has 0 saturated carbocycles. The van der Waals surface area contributed by atoms with E-state index in [0.717, 1.165) is 33.8 Å². The molecule has 0 aliphatic carbocycles. The molecular weight excluding hydrogens is 637 g/mol. The molecule has 5 nitrogen and oxygen atoms in total. The molecule has 0 aliphatic heterocycles. The highest BCUT2D eigenvalue weighted by Gasteiger charge is 2.11. The van der Waals surface area contributed by atoms with Crippen molar-refractivity contribution in [2.75, 3.05) is 11.5 Å². The van der Waals surface area contributed by atoms with E-state index < -0.39 is 0 Å². The van der Waals surface area contributed by atoms with E-state index in [-0.39, 0.29) is 16.0 Å². The number of carbonyl (C=O) groups is 2. The first kappa shape index (κ1) is 40.2. The van der Waals surface area contributed by atoms with Gasteiger partial charge in [-0.05, 0) is 46.6 Å². The van der Waals surface area contributed by atoms with Gasteiger partial charge in [0.2, 0.25) is 0 Å². The lowest BCUT2D eigenvalue weighted by Gasteiger charge is -2.20. The fraction of sp³-hybridized carbons (Fsp3) is 0.278. The average Bonchev–Trinajstić information content (AvgIpc) is 3.05. The van der Waals surface area contributed by atoms with Gasteiger partial charge in [-0.15, -0.1) is 0 Å². The van der Waals surface area contributed by atoms with E-state index in [0.29, 0.717) is 26.2 Å². The van der Waals surface area contributed by atoms with Gasteiger partial charge < -0.3 is 15.3 Å². The van der Waals surface area contributed by atoms with Crippen LogP contribution in [0.2, 0.25) is 0 Å². The smallest absolute Gasteiger partial charge is 0.279 e. The Kier molecular flexibility index (Phi) is 22.7. The molecule has 45 heavy (non-hydrogen) atoms. The Morgan fingerprint density at radius 3 is 0.822 bits per heavy atom. The molecule has 4 aromatic carbocycles. The minimum Gasteiger partial charge on any atom is -0.412 e. The van der Waals surface area contributed by atoms with Crippen LogP contribution in [0.5, 0.6) is 0 Å². The summed E-state index contributed by atoms with van der Waals surface area (Å²) in [5.41, 5.74) is 4.43. The van der Waals surface area contributed by atoms with Crippen molar-refractivity contribution in [3.63, 3.8) is 0 Å². The molecule has 4 aromatic rings. The maximum absolute atomic E-state index is 11.5. The van der Waals surface area contributed by atoms with E-state index in [1.807, 2.05) is 121 Å². The van der Waals surface area contributed by atoms with Gasteiger partial charge in [0, 0.05) is 26.2 Å². The molecule has 0 fully saturated rings. The van der Waals surface area contributed by atoms with Crippen molar-refractivity contribution >= 4 is 61.0 Å². The van der Waals surface area contributed by atoms with E-state index >= 15 is 0 Å². The predicted octanol–water partition coefficient (Wildman–Crippen LogP) is 9.06. The lowest BCUT2D eigenvalue weighted by atomic mass is 10.2. The van der Waals surface area contributed by atoms with Crippen LogP contribution in [0.25, 0.3) is 0 Å². The molecule has 0 spiro atoms. The summed E-state index contributed by atoms with van der Waals surface area (Å²) in [5.74, 6) is 2.07. The van der Waals surface area contributed by atoms with Crippen molar-refractivity contribution in [3.05, 3.63) is 144 Å². The van der Waals surface area contributed by atoms with Crippen LogP contribution < -0.4 is 0 Å². The number of benzene rings is 4. The fourth-order valence-electron chi connectivity index (χ4n) is 4.17. The topological polar surface area (TPSA) is 72.1 Å². The molecule has 0 atom stereocenters. The van der Waals surface area contributed by atoms with Crippen molar-refractivity contribution < 1.29 is 15.1 Å². The lowest BCUT2D eigenvalue weighted by molar-refractivity contribution is 0.218. The van der Waals surface area contributed by atoms with Crippen LogP contribution in [0.3, 0.4) is 0 Å². The van der Waals surface area contributed by atoms with Gasteiger partial charge >= 0.3 is 0 Å². The zero-order valence-electron chi connectivity index (χ0n) is 25.6. The second-order valence-electron chi connectivity index (χ2n) is 10.1. The number of amides is 2. The zero-order valence-corrected chi connectivity index (χ0v) is 29.2. The van der Waals surface area contributed by atoms with Gasteiger partial charge in [0.1, 0.15) is 0 Å². The maximum atomic E-state index is 11.5. The first-order valence-corrected chi connectivity index (χ1v) is 16.9. The number of carbonyl (C=O) groups excluding carboxylic acids is 2. The summed E-state index contributed by atoms with van der Waals surface area (Å²) in [4.78, 5) is 26.5. The van der Waals surface area contributed by atoms with Crippen LogP contribution in [-0.4, -0.2) is 37.3 Å². The van der Waals surface area contributed by atoms with E-state index in [1.54, 1.807) is 9.80 Å². The third kappa shape index (κ3) is 18.7. The summed E-state index contributed by atoms with van der Waals surface area (Å²) in [6.45, 7) is 2.33. The molecule has 0 saturated heterocycles. The van der Waals surface area contributed by atoms with Crippen LogP contribution in [0.15, 0.2) is 121 Å². The summed E-state index contributed by atoms with van der Waals surface area (Å²) in [7, 11) is 0. The number of hydrogen-bond acceptors (Lipinski definition) is 4. The SMILES string of the molecule is O.O=C(S)N(Cc1ccccc1)Cc1ccccc1.O=C(S)N(Cc1ccccc1)Cc1ccccc1.SCCCCCCS. The molecule has 0 bridgehead atoms. The van der Waals surface area contributed by atoms with E-state index in [1.165, 1.54) is 25.7 Å². The molecule has 2 amide bonds. The Bertz CT molecular complexity index is 1120. The van der Waals surface area contributed by atoms with Gasteiger partial charge in [-0.25, -0.2) is 0 Å². The van der Waals surface area contributed by atoms with Gasteiger partial charge in [-0.1, -0.05) is 159 Å². The molecular formula is C36H46N2O3S4. The molecule has 0 radical (unpaired) electrons. The summed E-state index contributed by atoms with van der Waals surface area (Å²) >= 11 is 16.1. The van der Waals surface area contributed by atoms with Crippen LogP contribution in [0.1, 0.15) is 47.9 Å². The zero-order chi connectivity index (χ0) is 31.8. The Balaban J connectivity index is 0.000000359. The molecule has 2 N–H and O–H groups in total. The van der Waals surface area contributed by atoms with Crippen LogP contribution >= 0.6 is 50.5 Å². The van der Waals surface area contributed by atoms with Gasteiger partial charge in [-0.2, -0.15) is 25.3 Å². The highest BCUT2D eigenvalue weighted by atomic mass is 32.1. The predicted molar refractivity (Wildman–Crippen MR) is 203 cm³/mol. The normalized spacial score (nSPS) is 9.78. The largest absolute Gasteiger partial charge is 0.412 e. The Morgan fingerprint density at radius 1 is 0.422 bits per heavy atom. The Labute approximate surface area is 291 Å². The molecule has 0 unspecified atom stereocenters. The van der Waals surface area contributed by atoms with Crippen LogP contribution in [-0.2, 0) is 26.2 Å². The molecule has 0 aromatic heterocycles. The Morgan fingerprint density at radius 2 is 0.644 bits per heavy atom. The third-order valence-electron chi connectivity index (χ3n) is 6.47. The monoisotopic (exact) mass is 682 g/mol. The first-order valence-electron chi connectivity index (χ1n) is 14.8. The Hall–Kier alpha value is -2.82. The van der Waals surface area contributed by atoms with E-state index in [2.05, 4.69) is 50.5 Å². The van der Waals surface area contributed by atoms with Crippen LogP contribution in [0.4, 0.5) is 9.59 Å². The van der Waals surface area contributed by atoms with Crippen molar-refractivity contribution in [3.8, 4) is 0 Å². The van der Waals surface area contributed by atoms with Crippen molar-refractivity contribution in [2.24, 2.45) is 0 Å². The van der Waals surface area contributed by atoms with E-state index in [4.69, 9.17) is 0 Å². The number of hydrogen-bond donors (Lipinski definition) is 4. The van der Waals surface area contributed by atoms with E-state index in [9.17, 15) is 9.59 Å². The van der Waals surface area contributed by atoms with Gasteiger partial charge in [0.05, 0.1) is 0 Å².